The van der Waals surface area contributed by atoms with Gasteiger partial charge in [-0.15, -0.1) is 10.2 Å². The summed E-state index contributed by atoms with van der Waals surface area (Å²) in [6.07, 6.45) is 0. The second-order valence-electron chi connectivity index (χ2n) is 5.44. The minimum Gasteiger partial charge on any atom is -0.497 e. The van der Waals surface area contributed by atoms with Crippen molar-refractivity contribution in [1.82, 2.24) is 10.2 Å². The molecule has 28 heavy (non-hydrogen) atoms. The van der Waals surface area contributed by atoms with Gasteiger partial charge < -0.3 is 19.2 Å². The van der Waals surface area contributed by atoms with Crippen molar-refractivity contribution in [2.24, 2.45) is 0 Å². The molecule has 1 heterocycles. The fourth-order valence-corrected chi connectivity index (χ4v) is 3.08. The third kappa shape index (κ3) is 5.09. The molecule has 0 fully saturated rings. The number of nitrogens with zero attached hydrogens (tertiary/aromatic N) is 2. The van der Waals surface area contributed by atoms with Gasteiger partial charge in [0, 0.05) is 17.3 Å². The molecule has 10 heteroatoms. The van der Waals surface area contributed by atoms with E-state index >= 15 is 0 Å². The maximum Gasteiger partial charge on any atom is 0.277 e. The third-order valence-electron chi connectivity index (χ3n) is 3.53. The predicted molar refractivity (Wildman–Crippen MR) is 109 cm³/mol. The van der Waals surface area contributed by atoms with Crippen LogP contribution in [0.1, 0.15) is 0 Å². The smallest absolute Gasteiger partial charge is 0.277 e. The number of ether oxygens (including phenoxy) is 2. The van der Waals surface area contributed by atoms with Gasteiger partial charge in [-0.3, -0.25) is 4.79 Å². The Balaban J connectivity index is 1.63. The number of carbonyl (C=O) groups excluding carboxylic acids is 1. The summed E-state index contributed by atoms with van der Waals surface area (Å²) in [5.41, 5.74) is 1.20. The fraction of sp³-hybridized carbons (Fsp3) is 0.167. The molecule has 0 radical (unpaired) electrons. The van der Waals surface area contributed by atoms with Gasteiger partial charge in [0.2, 0.25) is 11.8 Å². The number of thioether (sulfide) groups is 1. The van der Waals surface area contributed by atoms with E-state index in [0.717, 1.165) is 11.8 Å². The molecule has 3 rings (SSSR count). The van der Waals surface area contributed by atoms with Gasteiger partial charge in [0.05, 0.1) is 30.0 Å². The minimum absolute atomic E-state index is 0.0866. The molecule has 0 aliphatic carbocycles. The summed E-state index contributed by atoms with van der Waals surface area (Å²) >= 11 is 12.9. The van der Waals surface area contributed by atoms with Crippen LogP contribution < -0.4 is 14.8 Å². The van der Waals surface area contributed by atoms with Crippen molar-refractivity contribution in [2.45, 2.75) is 5.22 Å². The zero-order chi connectivity index (χ0) is 20.1. The number of benzene rings is 2. The van der Waals surface area contributed by atoms with Gasteiger partial charge in [0.25, 0.3) is 5.22 Å². The van der Waals surface area contributed by atoms with Crippen LogP contribution in [0.25, 0.3) is 11.5 Å². The van der Waals surface area contributed by atoms with E-state index in [4.69, 9.17) is 37.1 Å². The average molecular weight is 440 g/mol. The Morgan fingerprint density at radius 2 is 1.79 bits per heavy atom. The van der Waals surface area contributed by atoms with Gasteiger partial charge in [-0.2, -0.15) is 0 Å². The number of nitrogens with one attached hydrogen (secondary N) is 1. The lowest BCUT2D eigenvalue weighted by atomic mass is 10.2. The SMILES string of the molecule is COc1cc(OC)cc(-c2nnc(SCC(=O)Nc3ccc(Cl)c(Cl)c3)o2)c1. The summed E-state index contributed by atoms with van der Waals surface area (Å²) < 4.78 is 16.1. The van der Waals surface area contributed by atoms with E-state index in [9.17, 15) is 4.79 Å². The lowest BCUT2D eigenvalue weighted by Gasteiger charge is -2.06. The first-order valence-corrected chi connectivity index (χ1v) is 9.67. The number of carbonyl (C=O) groups is 1. The molecule has 1 N–H and O–H groups in total. The molecule has 2 aromatic carbocycles. The van der Waals surface area contributed by atoms with Crippen molar-refractivity contribution >= 4 is 46.6 Å². The Morgan fingerprint density at radius 1 is 1.07 bits per heavy atom. The summed E-state index contributed by atoms with van der Waals surface area (Å²) in [5, 5.41) is 11.7. The van der Waals surface area contributed by atoms with E-state index in [1.54, 1.807) is 50.6 Å². The van der Waals surface area contributed by atoms with Crippen LogP contribution in [0.3, 0.4) is 0 Å². The Morgan fingerprint density at radius 3 is 2.43 bits per heavy atom. The number of hydrogen-bond acceptors (Lipinski definition) is 7. The summed E-state index contributed by atoms with van der Waals surface area (Å²) in [7, 11) is 3.11. The topological polar surface area (TPSA) is 86.5 Å². The first-order chi connectivity index (χ1) is 13.5. The number of methoxy groups -OCH3 is 2. The van der Waals surface area contributed by atoms with Crippen LogP contribution in [0.2, 0.25) is 10.0 Å². The largest absolute Gasteiger partial charge is 0.497 e. The molecule has 0 atom stereocenters. The molecular weight excluding hydrogens is 425 g/mol. The standard InChI is InChI=1S/C18H15Cl2N3O4S/c1-25-12-5-10(6-13(8-12)26-2)17-22-23-18(27-17)28-9-16(24)21-11-3-4-14(19)15(20)7-11/h3-8H,9H2,1-2H3,(H,21,24). The molecule has 0 saturated carbocycles. The molecule has 0 bridgehead atoms. The Hall–Kier alpha value is -2.42. The molecule has 7 nitrogen and oxygen atoms in total. The summed E-state index contributed by atoms with van der Waals surface area (Å²) in [5.74, 6) is 1.34. The maximum absolute atomic E-state index is 12.1. The van der Waals surface area contributed by atoms with E-state index in [1.165, 1.54) is 0 Å². The highest BCUT2D eigenvalue weighted by Gasteiger charge is 2.14. The molecule has 0 saturated heterocycles. The molecule has 0 aliphatic rings. The molecular formula is C18H15Cl2N3O4S. The number of anilines is 1. The molecule has 146 valence electrons. The number of amides is 1. The van der Waals surface area contributed by atoms with Crippen LogP contribution in [-0.4, -0.2) is 36.1 Å². The molecule has 1 aromatic heterocycles. The van der Waals surface area contributed by atoms with Crippen LogP contribution in [0.15, 0.2) is 46.0 Å². The van der Waals surface area contributed by atoms with Crippen molar-refractivity contribution in [3.63, 3.8) is 0 Å². The van der Waals surface area contributed by atoms with Gasteiger partial charge in [-0.25, -0.2) is 0 Å². The van der Waals surface area contributed by atoms with Gasteiger partial charge in [0.15, 0.2) is 0 Å². The van der Waals surface area contributed by atoms with Gasteiger partial charge >= 0.3 is 0 Å². The molecule has 3 aromatic rings. The second-order valence-corrected chi connectivity index (χ2v) is 7.18. The first-order valence-electron chi connectivity index (χ1n) is 7.93. The van der Waals surface area contributed by atoms with E-state index in [1.807, 2.05) is 0 Å². The Bertz CT molecular complexity index is 974. The van der Waals surface area contributed by atoms with E-state index < -0.39 is 0 Å². The normalized spacial score (nSPS) is 10.6. The van der Waals surface area contributed by atoms with Crippen LogP contribution in [-0.2, 0) is 4.79 Å². The zero-order valence-corrected chi connectivity index (χ0v) is 17.2. The molecule has 0 aliphatic heterocycles. The molecule has 0 unspecified atom stereocenters. The number of rotatable bonds is 7. The van der Waals surface area contributed by atoms with E-state index in [0.29, 0.717) is 38.7 Å². The van der Waals surface area contributed by atoms with Crippen LogP contribution in [0.5, 0.6) is 11.5 Å². The fourth-order valence-electron chi connectivity index (χ4n) is 2.21. The van der Waals surface area contributed by atoms with Crippen molar-refractivity contribution in [2.75, 3.05) is 25.3 Å². The zero-order valence-electron chi connectivity index (χ0n) is 14.9. The van der Waals surface area contributed by atoms with E-state index in [-0.39, 0.29) is 16.9 Å². The predicted octanol–water partition coefficient (Wildman–Crippen LogP) is 4.79. The highest BCUT2D eigenvalue weighted by Crippen LogP contribution is 2.30. The molecule has 0 spiro atoms. The Labute approximate surface area is 175 Å². The monoisotopic (exact) mass is 439 g/mol. The quantitative estimate of drug-likeness (QED) is 0.529. The van der Waals surface area contributed by atoms with Crippen molar-refractivity contribution in [3.8, 4) is 23.0 Å². The lowest BCUT2D eigenvalue weighted by molar-refractivity contribution is -0.113. The van der Waals surface area contributed by atoms with Crippen molar-refractivity contribution in [1.29, 1.82) is 0 Å². The van der Waals surface area contributed by atoms with Gasteiger partial charge in [0.1, 0.15) is 11.5 Å². The lowest BCUT2D eigenvalue weighted by Crippen LogP contribution is -2.13. The van der Waals surface area contributed by atoms with Crippen LogP contribution >= 0.6 is 35.0 Å². The van der Waals surface area contributed by atoms with Crippen molar-refractivity contribution in [3.05, 3.63) is 46.4 Å². The summed E-state index contributed by atoms with van der Waals surface area (Å²) in [6.45, 7) is 0. The van der Waals surface area contributed by atoms with Gasteiger partial charge in [-0.1, -0.05) is 35.0 Å². The van der Waals surface area contributed by atoms with Gasteiger partial charge in [-0.05, 0) is 30.3 Å². The summed E-state index contributed by atoms with van der Waals surface area (Å²) in [4.78, 5) is 12.1. The number of hydrogen-bond donors (Lipinski definition) is 1. The van der Waals surface area contributed by atoms with Crippen molar-refractivity contribution < 1.29 is 18.7 Å². The highest BCUT2D eigenvalue weighted by atomic mass is 35.5. The molecule has 1 amide bonds. The van der Waals surface area contributed by atoms with Crippen LogP contribution in [0.4, 0.5) is 5.69 Å². The maximum atomic E-state index is 12.1. The summed E-state index contributed by atoms with van der Waals surface area (Å²) in [6, 6.07) is 10.1. The number of halogens is 2. The number of aromatic nitrogens is 2. The van der Waals surface area contributed by atoms with Crippen LogP contribution in [0, 0.1) is 0 Å². The second kappa shape index (κ2) is 9.18. The Kier molecular flexibility index (Phi) is 6.66. The average Bonchev–Trinajstić information content (AvgIpc) is 3.18. The van der Waals surface area contributed by atoms with E-state index in [2.05, 4.69) is 15.5 Å². The first kappa shape index (κ1) is 20.3. The third-order valence-corrected chi connectivity index (χ3v) is 5.09. The minimum atomic E-state index is -0.244. The highest BCUT2D eigenvalue weighted by molar-refractivity contribution is 7.99.